The number of nitrogens with zero attached hydrogens (tertiary/aromatic N) is 1. The number of nitrogens with one attached hydrogen (secondary N) is 1. The van der Waals surface area contributed by atoms with Gasteiger partial charge in [-0.1, -0.05) is 24.5 Å². The van der Waals surface area contributed by atoms with E-state index in [1.54, 1.807) is 0 Å². The van der Waals surface area contributed by atoms with E-state index in [0.29, 0.717) is 6.04 Å². The minimum absolute atomic E-state index is 0.196. The van der Waals surface area contributed by atoms with Crippen molar-refractivity contribution in [2.24, 2.45) is 11.7 Å². The van der Waals surface area contributed by atoms with Crippen molar-refractivity contribution >= 4 is 11.5 Å². The number of hydrogen-bond donors (Lipinski definition) is 2. The Morgan fingerprint density at radius 2 is 1.95 bits per heavy atom. The minimum Gasteiger partial charge on any atom is -0.384 e. The Balaban J connectivity index is 1.96. The fourth-order valence-electron chi connectivity index (χ4n) is 4.04. The van der Waals surface area contributed by atoms with E-state index in [1.807, 2.05) is 0 Å². The van der Waals surface area contributed by atoms with E-state index < -0.39 is 0 Å². The average molecular weight is 271 g/mol. The molecule has 108 valence electrons. The first-order valence-corrected chi connectivity index (χ1v) is 7.88. The molecule has 2 aliphatic rings. The van der Waals surface area contributed by atoms with Gasteiger partial charge in [-0.3, -0.25) is 5.41 Å². The molecule has 1 aromatic rings. The van der Waals surface area contributed by atoms with Gasteiger partial charge in [0.05, 0.1) is 0 Å². The SMILES string of the molecule is Cc1ccc(N2CCC[C@H]3CCCC[C@H]32)c(C(=N)N)c1. The summed E-state index contributed by atoms with van der Waals surface area (Å²) in [6.07, 6.45) is 8.06. The first kappa shape index (κ1) is 13.5. The lowest BCUT2D eigenvalue weighted by atomic mass is 9.78. The highest BCUT2D eigenvalue weighted by atomic mass is 15.2. The van der Waals surface area contributed by atoms with Crippen molar-refractivity contribution in [2.75, 3.05) is 11.4 Å². The van der Waals surface area contributed by atoms with E-state index in [0.717, 1.165) is 18.0 Å². The van der Waals surface area contributed by atoms with Gasteiger partial charge < -0.3 is 10.6 Å². The number of benzene rings is 1. The van der Waals surface area contributed by atoms with Crippen molar-refractivity contribution in [1.29, 1.82) is 5.41 Å². The molecule has 1 heterocycles. The molecule has 1 aromatic carbocycles. The standard InChI is InChI=1S/C17H25N3/c1-12-8-9-16(14(11-12)17(18)19)20-10-4-6-13-5-2-3-7-15(13)20/h8-9,11,13,15H,2-7,10H2,1H3,(H3,18,19)/t13-,15-/m1/s1. The van der Waals surface area contributed by atoms with Crippen molar-refractivity contribution < 1.29 is 0 Å². The molecule has 0 unspecified atom stereocenters. The summed E-state index contributed by atoms with van der Waals surface area (Å²) in [6, 6.07) is 7.04. The summed E-state index contributed by atoms with van der Waals surface area (Å²) in [4.78, 5) is 2.55. The van der Waals surface area contributed by atoms with Crippen LogP contribution >= 0.6 is 0 Å². The van der Waals surface area contributed by atoms with Crippen molar-refractivity contribution in [3.05, 3.63) is 29.3 Å². The first-order chi connectivity index (χ1) is 9.66. The number of fused-ring (bicyclic) bond motifs is 1. The van der Waals surface area contributed by atoms with Crippen LogP contribution in [0.3, 0.4) is 0 Å². The normalized spacial score (nSPS) is 26.1. The largest absolute Gasteiger partial charge is 0.384 e. The number of anilines is 1. The lowest BCUT2D eigenvalue weighted by Crippen LogP contribution is -2.47. The second-order valence-corrected chi connectivity index (χ2v) is 6.38. The zero-order valence-corrected chi connectivity index (χ0v) is 12.4. The summed E-state index contributed by atoms with van der Waals surface area (Å²) in [6.45, 7) is 3.18. The van der Waals surface area contributed by atoms with Gasteiger partial charge in [0.15, 0.2) is 0 Å². The van der Waals surface area contributed by atoms with E-state index in [1.165, 1.54) is 49.8 Å². The molecule has 2 atom stereocenters. The summed E-state index contributed by atoms with van der Waals surface area (Å²) >= 11 is 0. The van der Waals surface area contributed by atoms with E-state index in [2.05, 4.69) is 30.0 Å². The summed E-state index contributed by atoms with van der Waals surface area (Å²) in [7, 11) is 0. The lowest BCUT2D eigenvalue weighted by Gasteiger charge is -2.46. The predicted octanol–water partition coefficient (Wildman–Crippen LogP) is 3.44. The lowest BCUT2D eigenvalue weighted by molar-refractivity contribution is 0.244. The van der Waals surface area contributed by atoms with Crippen LogP contribution in [0.15, 0.2) is 18.2 Å². The van der Waals surface area contributed by atoms with Crippen molar-refractivity contribution in [1.82, 2.24) is 0 Å². The predicted molar refractivity (Wildman–Crippen MR) is 84.5 cm³/mol. The number of aryl methyl sites for hydroxylation is 1. The number of rotatable bonds is 2. The van der Waals surface area contributed by atoms with E-state index in [-0.39, 0.29) is 5.84 Å². The van der Waals surface area contributed by atoms with E-state index in [9.17, 15) is 0 Å². The van der Waals surface area contributed by atoms with Gasteiger partial charge in [0, 0.05) is 23.8 Å². The first-order valence-electron chi connectivity index (χ1n) is 7.88. The summed E-state index contributed by atoms with van der Waals surface area (Å²) in [5.74, 6) is 1.04. The Labute approximate surface area is 121 Å². The molecule has 20 heavy (non-hydrogen) atoms. The Morgan fingerprint density at radius 3 is 2.75 bits per heavy atom. The zero-order chi connectivity index (χ0) is 14.1. The topological polar surface area (TPSA) is 53.1 Å². The minimum atomic E-state index is 0.196. The van der Waals surface area contributed by atoms with Crippen LogP contribution in [0.2, 0.25) is 0 Å². The van der Waals surface area contributed by atoms with Gasteiger partial charge in [0.1, 0.15) is 5.84 Å². The van der Waals surface area contributed by atoms with E-state index in [4.69, 9.17) is 11.1 Å². The third-order valence-corrected chi connectivity index (χ3v) is 4.99. The molecule has 2 fully saturated rings. The average Bonchev–Trinajstić information content (AvgIpc) is 2.46. The highest BCUT2D eigenvalue weighted by Gasteiger charge is 2.34. The number of nitrogens with two attached hydrogens (primary N) is 1. The summed E-state index contributed by atoms with van der Waals surface area (Å²) in [5, 5.41) is 7.87. The molecule has 0 radical (unpaired) electrons. The molecule has 0 aromatic heterocycles. The number of amidine groups is 1. The van der Waals surface area contributed by atoms with Crippen molar-refractivity contribution in [2.45, 2.75) is 51.5 Å². The molecule has 0 bridgehead atoms. The van der Waals surface area contributed by atoms with Gasteiger partial charge in [0.25, 0.3) is 0 Å². The maximum atomic E-state index is 7.87. The maximum absolute atomic E-state index is 7.87. The van der Waals surface area contributed by atoms with Crippen LogP contribution in [-0.4, -0.2) is 18.4 Å². The quantitative estimate of drug-likeness (QED) is 0.639. The number of hydrogen-bond acceptors (Lipinski definition) is 2. The summed E-state index contributed by atoms with van der Waals surface area (Å²) < 4.78 is 0. The van der Waals surface area contributed by atoms with Crippen molar-refractivity contribution in [3.63, 3.8) is 0 Å². The zero-order valence-electron chi connectivity index (χ0n) is 12.4. The molecule has 3 nitrogen and oxygen atoms in total. The fourth-order valence-corrected chi connectivity index (χ4v) is 4.04. The van der Waals surface area contributed by atoms with Crippen LogP contribution in [0.25, 0.3) is 0 Å². The number of piperidine rings is 1. The molecule has 1 aliphatic heterocycles. The van der Waals surface area contributed by atoms with Crippen LogP contribution in [-0.2, 0) is 0 Å². The Bertz CT molecular complexity index is 507. The second-order valence-electron chi connectivity index (χ2n) is 6.38. The fraction of sp³-hybridized carbons (Fsp3) is 0.588. The van der Waals surface area contributed by atoms with Crippen LogP contribution in [0.1, 0.15) is 49.7 Å². The maximum Gasteiger partial charge on any atom is 0.124 e. The molecular weight excluding hydrogens is 246 g/mol. The third kappa shape index (κ3) is 2.41. The molecule has 0 amide bonds. The highest BCUT2D eigenvalue weighted by Crippen LogP contribution is 2.38. The molecule has 3 heteroatoms. The van der Waals surface area contributed by atoms with Gasteiger partial charge in [-0.2, -0.15) is 0 Å². The molecule has 1 aliphatic carbocycles. The van der Waals surface area contributed by atoms with Crippen molar-refractivity contribution in [3.8, 4) is 0 Å². The van der Waals surface area contributed by atoms with Gasteiger partial charge >= 0.3 is 0 Å². The molecule has 0 spiro atoms. The summed E-state index contributed by atoms with van der Waals surface area (Å²) in [5.41, 5.74) is 9.09. The van der Waals surface area contributed by atoms with Gasteiger partial charge in [-0.05, 0) is 50.7 Å². The Kier molecular flexibility index (Phi) is 3.68. The second kappa shape index (κ2) is 5.47. The van der Waals surface area contributed by atoms with Gasteiger partial charge in [-0.15, -0.1) is 0 Å². The van der Waals surface area contributed by atoms with Crippen LogP contribution in [0.4, 0.5) is 5.69 Å². The van der Waals surface area contributed by atoms with Crippen LogP contribution < -0.4 is 10.6 Å². The third-order valence-electron chi connectivity index (χ3n) is 4.99. The smallest absolute Gasteiger partial charge is 0.124 e. The molecule has 3 rings (SSSR count). The van der Waals surface area contributed by atoms with Gasteiger partial charge in [0.2, 0.25) is 0 Å². The number of nitrogen functional groups attached to an aromatic ring is 1. The molecule has 3 N–H and O–H groups in total. The van der Waals surface area contributed by atoms with Gasteiger partial charge in [-0.25, -0.2) is 0 Å². The van der Waals surface area contributed by atoms with Crippen LogP contribution in [0.5, 0.6) is 0 Å². The Morgan fingerprint density at radius 1 is 1.20 bits per heavy atom. The Hall–Kier alpha value is -1.51. The van der Waals surface area contributed by atoms with E-state index >= 15 is 0 Å². The molecule has 1 saturated heterocycles. The monoisotopic (exact) mass is 271 g/mol. The highest BCUT2D eigenvalue weighted by molar-refractivity contribution is 6.00. The molecular formula is C17H25N3. The molecule has 1 saturated carbocycles. The van der Waals surface area contributed by atoms with Crippen LogP contribution in [0, 0.1) is 18.3 Å².